The Hall–Kier alpha value is -2.09. The standard InChI is InChI=1S/C12H11F2NO2/c1-3-7-15(4-2)9-6-5-8(12(16)17)10(13)11(9)14/h1,5-6H,4,7H2,2H3,(H,16,17). The Balaban J connectivity index is 3.25. The summed E-state index contributed by atoms with van der Waals surface area (Å²) in [5, 5.41) is 8.63. The predicted octanol–water partition coefficient (Wildman–Crippen LogP) is 2.12. The maximum atomic E-state index is 13.6. The van der Waals surface area contributed by atoms with Gasteiger partial charge in [0.1, 0.15) is 0 Å². The molecule has 1 N–H and O–H groups in total. The zero-order valence-corrected chi connectivity index (χ0v) is 9.20. The number of hydrogen-bond donors (Lipinski definition) is 1. The maximum Gasteiger partial charge on any atom is 0.338 e. The van der Waals surface area contributed by atoms with Gasteiger partial charge in [0, 0.05) is 6.54 Å². The van der Waals surface area contributed by atoms with E-state index in [1.165, 1.54) is 11.0 Å². The Kier molecular flexibility index (Phi) is 4.05. The van der Waals surface area contributed by atoms with E-state index in [0.29, 0.717) is 6.54 Å². The number of halogens is 2. The topological polar surface area (TPSA) is 40.5 Å². The van der Waals surface area contributed by atoms with Crippen LogP contribution in [0.25, 0.3) is 0 Å². The van der Waals surface area contributed by atoms with Crippen LogP contribution in [-0.2, 0) is 0 Å². The molecule has 0 heterocycles. The Morgan fingerprint density at radius 3 is 2.59 bits per heavy atom. The molecule has 0 radical (unpaired) electrons. The van der Waals surface area contributed by atoms with Crippen LogP contribution in [-0.4, -0.2) is 24.2 Å². The van der Waals surface area contributed by atoms with Crippen molar-refractivity contribution in [3.63, 3.8) is 0 Å². The third-order valence-corrected chi connectivity index (χ3v) is 2.30. The molecular weight excluding hydrogens is 228 g/mol. The molecule has 17 heavy (non-hydrogen) atoms. The SMILES string of the molecule is C#CCN(CC)c1ccc(C(=O)O)c(F)c1F. The van der Waals surface area contributed by atoms with Crippen molar-refractivity contribution in [3.8, 4) is 12.3 Å². The second-order valence-electron chi connectivity index (χ2n) is 3.28. The fourth-order valence-corrected chi connectivity index (χ4v) is 1.43. The van der Waals surface area contributed by atoms with Crippen LogP contribution in [0.3, 0.4) is 0 Å². The Morgan fingerprint density at radius 2 is 2.12 bits per heavy atom. The number of anilines is 1. The summed E-state index contributed by atoms with van der Waals surface area (Å²) in [5.74, 6) is -1.75. The Bertz CT molecular complexity index is 480. The number of benzene rings is 1. The molecule has 0 aliphatic carbocycles. The number of terminal acetylenes is 1. The predicted molar refractivity (Wildman–Crippen MR) is 60.0 cm³/mol. The first-order chi connectivity index (χ1) is 8.02. The van der Waals surface area contributed by atoms with Gasteiger partial charge in [-0.15, -0.1) is 6.42 Å². The van der Waals surface area contributed by atoms with Crippen LogP contribution in [0.15, 0.2) is 12.1 Å². The van der Waals surface area contributed by atoms with E-state index in [9.17, 15) is 13.6 Å². The Labute approximate surface area is 97.7 Å². The monoisotopic (exact) mass is 239 g/mol. The van der Waals surface area contributed by atoms with Crippen molar-refractivity contribution < 1.29 is 18.7 Å². The quantitative estimate of drug-likeness (QED) is 0.818. The molecule has 1 rings (SSSR count). The number of carboxylic acids is 1. The van der Waals surface area contributed by atoms with Gasteiger partial charge in [-0.25, -0.2) is 13.6 Å². The summed E-state index contributed by atoms with van der Waals surface area (Å²) in [5.41, 5.74) is -0.726. The van der Waals surface area contributed by atoms with Crippen molar-refractivity contribution in [1.82, 2.24) is 0 Å². The van der Waals surface area contributed by atoms with Crippen molar-refractivity contribution in [2.45, 2.75) is 6.92 Å². The molecule has 1 aromatic carbocycles. The van der Waals surface area contributed by atoms with E-state index in [1.54, 1.807) is 6.92 Å². The van der Waals surface area contributed by atoms with Gasteiger partial charge in [0.25, 0.3) is 0 Å². The zero-order valence-electron chi connectivity index (χ0n) is 9.20. The molecule has 90 valence electrons. The normalized spacial score (nSPS) is 9.76. The molecule has 0 saturated heterocycles. The largest absolute Gasteiger partial charge is 0.478 e. The number of nitrogens with zero attached hydrogens (tertiary/aromatic N) is 1. The van der Waals surface area contributed by atoms with Crippen LogP contribution in [0.2, 0.25) is 0 Å². The summed E-state index contributed by atoms with van der Waals surface area (Å²) >= 11 is 0. The van der Waals surface area contributed by atoms with Gasteiger partial charge < -0.3 is 10.0 Å². The summed E-state index contributed by atoms with van der Waals surface area (Å²) in [7, 11) is 0. The highest BCUT2D eigenvalue weighted by Gasteiger charge is 2.20. The van der Waals surface area contributed by atoms with Crippen LogP contribution in [0.5, 0.6) is 0 Å². The number of carboxylic acid groups (broad SMARTS) is 1. The fourth-order valence-electron chi connectivity index (χ4n) is 1.43. The van der Waals surface area contributed by atoms with Crippen LogP contribution >= 0.6 is 0 Å². The second-order valence-corrected chi connectivity index (χ2v) is 3.28. The number of carbonyl (C=O) groups is 1. The molecule has 0 amide bonds. The smallest absolute Gasteiger partial charge is 0.338 e. The van der Waals surface area contributed by atoms with Gasteiger partial charge in [-0.2, -0.15) is 0 Å². The van der Waals surface area contributed by atoms with E-state index in [4.69, 9.17) is 11.5 Å². The number of rotatable bonds is 4. The number of aromatic carboxylic acids is 1. The van der Waals surface area contributed by atoms with Crippen LogP contribution in [0.4, 0.5) is 14.5 Å². The summed E-state index contributed by atoms with van der Waals surface area (Å²) < 4.78 is 27.1. The van der Waals surface area contributed by atoms with E-state index >= 15 is 0 Å². The van der Waals surface area contributed by atoms with Crippen LogP contribution in [0, 0.1) is 24.0 Å². The molecule has 5 heteroatoms. The molecule has 0 aromatic heterocycles. The lowest BCUT2D eigenvalue weighted by molar-refractivity contribution is 0.0690. The van der Waals surface area contributed by atoms with Crippen molar-refractivity contribution in [2.75, 3.05) is 18.0 Å². The molecule has 1 aromatic rings. The van der Waals surface area contributed by atoms with E-state index in [1.807, 2.05) is 0 Å². The van der Waals surface area contributed by atoms with Gasteiger partial charge in [0.15, 0.2) is 11.6 Å². The van der Waals surface area contributed by atoms with Crippen molar-refractivity contribution >= 4 is 11.7 Å². The third-order valence-electron chi connectivity index (χ3n) is 2.30. The van der Waals surface area contributed by atoms with Gasteiger partial charge in [0.05, 0.1) is 17.8 Å². The minimum Gasteiger partial charge on any atom is -0.478 e. The van der Waals surface area contributed by atoms with E-state index < -0.39 is 23.2 Å². The fraction of sp³-hybridized carbons (Fsp3) is 0.250. The molecule has 0 fully saturated rings. The van der Waals surface area contributed by atoms with Gasteiger partial charge in [-0.3, -0.25) is 0 Å². The van der Waals surface area contributed by atoms with Gasteiger partial charge in [-0.1, -0.05) is 5.92 Å². The van der Waals surface area contributed by atoms with Gasteiger partial charge >= 0.3 is 5.97 Å². The Morgan fingerprint density at radius 1 is 1.47 bits per heavy atom. The molecule has 0 saturated carbocycles. The molecule has 3 nitrogen and oxygen atoms in total. The molecule has 0 bridgehead atoms. The lowest BCUT2D eigenvalue weighted by Gasteiger charge is -2.21. The average molecular weight is 239 g/mol. The first kappa shape index (κ1) is 13.0. The minimum atomic E-state index is -1.51. The van der Waals surface area contributed by atoms with Crippen molar-refractivity contribution in [2.24, 2.45) is 0 Å². The van der Waals surface area contributed by atoms with E-state index in [0.717, 1.165) is 6.07 Å². The van der Waals surface area contributed by atoms with Gasteiger partial charge in [0.2, 0.25) is 0 Å². The lowest BCUT2D eigenvalue weighted by atomic mass is 10.1. The first-order valence-corrected chi connectivity index (χ1v) is 4.92. The molecule has 0 atom stereocenters. The third kappa shape index (κ3) is 2.53. The molecule has 0 spiro atoms. The first-order valence-electron chi connectivity index (χ1n) is 4.92. The van der Waals surface area contributed by atoms with E-state index in [-0.39, 0.29) is 12.2 Å². The molecule has 0 aliphatic heterocycles. The maximum absolute atomic E-state index is 13.6. The van der Waals surface area contributed by atoms with Crippen LogP contribution in [0.1, 0.15) is 17.3 Å². The van der Waals surface area contributed by atoms with Crippen molar-refractivity contribution in [3.05, 3.63) is 29.3 Å². The minimum absolute atomic E-state index is 0.0343. The summed E-state index contributed by atoms with van der Waals surface area (Å²) in [4.78, 5) is 12.0. The summed E-state index contributed by atoms with van der Waals surface area (Å²) in [6, 6.07) is 2.23. The van der Waals surface area contributed by atoms with Crippen molar-refractivity contribution in [1.29, 1.82) is 0 Å². The second kappa shape index (κ2) is 5.30. The van der Waals surface area contributed by atoms with Gasteiger partial charge in [-0.05, 0) is 19.1 Å². The molecule has 0 aliphatic rings. The molecular formula is C12H11F2NO2. The lowest BCUT2D eigenvalue weighted by Crippen LogP contribution is -2.24. The summed E-state index contributed by atoms with van der Waals surface area (Å²) in [6.45, 7) is 2.26. The highest BCUT2D eigenvalue weighted by molar-refractivity contribution is 5.88. The zero-order chi connectivity index (χ0) is 13.0. The highest BCUT2D eigenvalue weighted by atomic mass is 19.2. The highest BCUT2D eigenvalue weighted by Crippen LogP contribution is 2.24. The summed E-state index contributed by atoms with van der Waals surface area (Å²) in [6.07, 6.45) is 5.11. The van der Waals surface area contributed by atoms with Crippen LogP contribution < -0.4 is 4.90 Å². The van der Waals surface area contributed by atoms with E-state index in [2.05, 4.69) is 5.92 Å². The average Bonchev–Trinajstić information content (AvgIpc) is 2.29. The molecule has 0 unspecified atom stereocenters. The number of hydrogen-bond acceptors (Lipinski definition) is 2.